The molecule has 1 saturated heterocycles. The zero-order valence-corrected chi connectivity index (χ0v) is 24.7. The molecule has 1 aromatic carbocycles. The van der Waals surface area contributed by atoms with Crippen molar-refractivity contribution in [2.24, 2.45) is 5.92 Å². The number of ether oxygens (including phenoxy) is 1. The van der Waals surface area contributed by atoms with Crippen LogP contribution in [0.25, 0.3) is 0 Å². The second-order valence-electron chi connectivity index (χ2n) is 10.3. The van der Waals surface area contributed by atoms with Crippen LogP contribution in [0.5, 0.6) is 0 Å². The molecule has 2 amide bonds. The van der Waals surface area contributed by atoms with Gasteiger partial charge < -0.3 is 15.4 Å². The Morgan fingerprint density at radius 3 is 2.49 bits per heavy atom. The second-order valence-corrected chi connectivity index (χ2v) is 13.2. The predicted octanol–water partition coefficient (Wildman–Crippen LogP) is 5.23. The minimum Gasteiger partial charge on any atom is -0.444 e. The third kappa shape index (κ3) is 9.07. The normalized spacial score (nSPS) is 17.8. The van der Waals surface area contributed by atoms with Gasteiger partial charge in [-0.25, -0.2) is 22.6 Å². The summed E-state index contributed by atoms with van der Waals surface area (Å²) >= 11 is 7.18. The first-order chi connectivity index (χ1) is 19.0. The third-order valence-corrected chi connectivity index (χ3v) is 8.36. The molecule has 228 valence electrons. The summed E-state index contributed by atoms with van der Waals surface area (Å²) in [6.07, 6.45) is -3.90. The highest BCUT2D eigenvalue weighted by atomic mass is 35.5. The monoisotopic (exact) mass is 643 g/mol. The summed E-state index contributed by atoms with van der Waals surface area (Å²) in [6.45, 7) is 4.43. The van der Waals surface area contributed by atoms with Crippen LogP contribution in [0.3, 0.4) is 0 Å². The van der Waals surface area contributed by atoms with Crippen molar-refractivity contribution in [1.29, 1.82) is 0 Å². The molecule has 41 heavy (non-hydrogen) atoms. The summed E-state index contributed by atoms with van der Waals surface area (Å²) in [5.74, 6) is -3.59. The van der Waals surface area contributed by atoms with Crippen molar-refractivity contribution in [2.45, 2.75) is 62.7 Å². The molecule has 0 radical (unpaired) electrons. The van der Waals surface area contributed by atoms with Crippen molar-refractivity contribution in [2.75, 3.05) is 29.7 Å². The molecular weight excluding hydrogens is 614 g/mol. The van der Waals surface area contributed by atoms with E-state index in [0.717, 1.165) is 28.4 Å². The number of hydrogen-bond acceptors (Lipinski definition) is 8. The first-order valence-electron chi connectivity index (χ1n) is 12.5. The number of carbonyl (C=O) groups excluding carboxylic acids is 2. The fourth-order valence-corrected chi connectivity index (χ4v) is 6.13. The van der Waals surface area contributed by atoms with Crippen molar-refractivity contribution in [3.05, 3.63) is 34.5 Å². The Balaban J connectivity index is 1.50. The molecule has 3 rings (SSSR count). The number of likely N-dealkylation sites (tertiary alicyclic amines) is 1. The summed E-state index contributed by atoms with van der Waals surface area (Å²) in [5.41, 5.74) is -0.793. The smallest absolute Gasteiger partial charge is 0.410 e. The van der Waals surface area contributed by atoms with Crippen molar-refractivity contribution in [1.82, 2.24) is 15.2 Å². The highest BCUT2D eigenvalue weighted by Crippen LogP contribution is 2.37. The molecule has 1 fully saturated rings. The average molecular weight is 644 g/mol. The van der Waals surface area contributed by atoms with E-state index in [4.69, 9.17) is 16.3 Å². The Kier molecular flexibility index (Phi) is 10.3. The van der Waals surface area contributed by atoms with Crippen LogP contribution in [0.15, 0.2) is 28.6 Å². The van der Waals surface area contributed by atoms with E-state index in [0.29, 0.717) is 12.8 Å². The first kappa shape index (κ1) is 32.7. The van der Waals surface area contributed by atoms with E-state index in [1.165, 1.54) is 6.20 Å². The Bertz CT molecular complexity index is 1340. The molecule has 0 bridgehead atoms. The van der Waals surface area contributed by atoms with E-state index >= 15 is 0 Å². The Morgan fingerprint density at radius 1 is 1.20 bits per heavy atom. The molecule has 2 atom stereocenters. The number of aromatic nitrogens is 1. The number of rotatable bonds is 10. The van der Waals surface area contributed by atoms with Crippen LogP contribution in [0, 0.1) is 11.7 Å². The largest absolute Gasteiger partial charge is 0.444 e. The van der Waals surface area contributed by atoms with E-state index in [1.54, 1.807) is 26.2 Å². The molecule has 2 heterocycles. The highest BCUT2D eigenvalue weighted by molar-refractivity contribution is 7.93. The van der Waals surface area contributed by atoms with Crippen molar-refractivity contribution in [3.8, 4) is 0 Å². The minimum absolute atomic E-state index is 0.0399. The van der Waals surface area contributed by atoms with Gasteiger partial charge in [0.1, 0.15) is 22.4 Å². The van der Waals surface area contributed by atoms with E-state index in [2.05, 4.69) is 20.3 Å². The fourth-order valence-electron chi connectivity index (χ4n) is 3.96. The topological polar surface area (TPSA) is 130 Å². The van der Waals surface area contributed by atoms with Gasteiger partial charge in [0.05, 0.1) is 16.6 Å². The zero-order chi connectivity index (χ0) is 30.6. The van der Waals surface area contributed by atoms with Crippen LogP contribution in [0.1, 0.15) is 40.0 Å². The maximum absolute atomic E-state index is 14.6. The summed E-state index contributed by atoms with van der Waals surface area (Å²) in [7, 11) is -4.26. The van der Waals surface area contributed by atoms with Gasteiger partial charge in [-0.3, -0.25) is 14.4 Å². The minimum atomic E-state index is -4.57. The number of unbranched alkanes of at least 4 members (excludes halogenated alkanes) is 1. The third-order valence-electron chi connectivity index (χ3n) is 5.88. The van der Waals surface area contributed by atoms with E-state index in [-0.39, 0.29) is 28.9 Å². The summed E-state index contributed by atoms with van der Waals surface area (Å²) in [4.78, 5) is 29.1. The average Bonchev–Trinajstić information content (AvgIpc) is 3.51. The molecule has 1 aromatic heterocycles. The van der Waals surface area contributed by atoms with Gasteiger partial charge in [-0.2, -0.15) is 13.2 Å². The van der Waals surface area contributed by atoms with Crippen LogP contribution >= 0.6 is 22.9 Å². The van der Waals surface area contributed by atoms with Gasteiger partial charge in [0.25, 0.3) is 10.0 Å². The van der Waals surface area contributed by atoms with Crippen LogP contribution in [0.4, 0.5) is 33.2 Å². The number of carbonyl (C=O) groups is 2. The molecule has 1 aliphatic rings. The molecule has 1 aliphatic heterocycles. The van der Waals surface area contributed by atoms with Gasteiger partial charge in [0.15, 0.2) is 5.13 Å². The molecule has 0 aliphatic carbocycles. The summed E-state index contributed by atoms with van der Waals surface area (Å²) in [6, 6.07) is 0.598. The molecule has 17 heteroatoms. The number of nitrogens with zero attached hydrogens (tertiary/aromatic N) is 2. The van der Waals surface area contributed by atoms with Crippen molar-refractivity contribution >= 4 is 55.8 Å². The lowest BCUT2D eigenvalue weighted by Gasteiger charge is -2.28. The molecule has 3 N–H and O–H groups in total. The lowest BCUT2D eigenvalue weighted by atomic mass is 10.0. The Hall–Kier alpha value is -2.85. The van der Waals surface area contributed by atoms with Crippen LogP contribution in [-0.4, -0.2) is 67.8 Å². The SMILES string of the molecule is CC(C)(C)OC(=O)N1C[C@@H](C(F)(F)F)C[C@H]1C(=O)NCCCCNc1cc(F)c(S(=O)(=O)Nc2nccs2)cc1Cl. The van der Waals surface area contributed by atoms with Gasteiger partial charge in [0, 0.05) is 31.2 Å². The number of hydrogen-bond donors (Lipinski definition) is 3. The Labute approximate surface area is 243 Å². The van der Waals surface area contributed by atoms with Crippen LogP contribution < -0.4 is 15.4 Å². The molecule has 0 saturated carbocycles. The van der Waals surface area contributed by atoms with E-state index in [1.807, 2.05) is 0 Å². The first-order valence-corrected chi connectivity index (χ1v) is 15.2. The molecular formula is C24H30ClF4N5O5S2. The number of amides is 2. The number of sulfonamides is 1. The highest BCUT2D eigenvalue weighted by Gasteiger charge is 2.51. The van der Waals surface area contributed by atoms with Gasteiger partial charge in [-0.05, 0) is 52.2 Å². The fraction of sp³-hybridized carbons (Fsp3) is 0.542. The van der Waals surface area contributed by atoms with E-state index in [9.17, 15) is 35.6 Å². The number of nitrogens with one attached hydrogen (secondary N) is 3. The molecule has 2 aromatic rings. The van der Waals surface area contributed by atoms with Gasteiger partial charge in [0.2, 0.25) is 5.91 Å². The number of halogens is 5. The lowest BCUT2D eigenvalue weighted by Crippen LogP contribution is -2.47. The van der Waals surface area contributed by atoms with Crippen LogP contribution in [-0.2, 0) is 19.6 Å². The maximum Gasteiger partial charge on any atom is 0.410 e. The second kappa shape index (κ2) is 13.0. The maximum atomic E-state index is 14.6. The lowest BCUT2D eigenvalue weighted by molar-refractivity contribution is -0.170. The van der Waals surface area contributed by atoms with Crippen molar-refractivity contribution in [3.63, 3.8) is 0 Å². The summed E-state index contributed by atoms with van der Waals surface area (Å²) < 4.78 is 86.9. The number of alkyl halides is 3. The number of benzene rings is 1. The van der Waals surface area contributed by atoms with E-state index < -0.39 is 69.4 Å². The predicted molar refractivity (Wildman–Crippen MR) is 146 cm³/mol. The summed E-state index contributed by atoms with van der Waals surface area (Å²) in [5, 5.41) is 7.02. The number of anilines is 2. The van der Waals surface area contributed by atoms with Crippen molar-refractivity contribution < 1.29 is 40.3 Å². The van der Waals surface area contributed by atoms with Crippen LogP contribution in [0.2, 0.25) is 5.02 Å². The molecule has 0 spiro atoms. The zero-order valence-electron chi connectivity index (χ0n) is 22.3. The quantitative estimate of drug-likeness (QED) is 0.239. The van der Waals surface area contributed by atoms with Gasteiger partial charge in [-0.1, -0.05) is 11.6 Å². The molecule has 0 unspecified atom stereocenters. The molecule has 10 nitrogen and oxygen atoms in total. The van der Waals surface area contributed by atoms with Gasteiger partial charge >= 0.3 is 12.3 Å². The Morgan fingerprint density at radius 2 is 1.88 bits per heavy atom. The van der Waals surface area contributed by atoms with Gasteiger partial charge in [-0.15, -0.1) is 11.3 Å². The standard InChI is InChI=1S/C24H30ClF4N5O5S2/c1-23(2,3)39-22(36)34-13-14(24(27,28)29)10-18(34)20(35)31-7-5-4-6-30-17-12-16(26)19(11-15(17)25)41(37,38)33-21-32-8-9-40-21/h8-9,11-12,14,18,30H,4-7,10,13H2,1-3H3,(H,31,35)(H,32,33)/t14-,18-/m0/s1. The number of thiazole rings is 1.